The van der Waals surface area contributed by atoms with Crippen LogP contribution in [0.5, 0.6) is 0 Å². The predicted octanol–water partition coefficient (Wildman–Crippen LogP) is 5.37. The van der Waals surface area contributed by atoms with Crippen LogP contribution in [0, 0.1) is 12.7 Å². The number of anilines is 1. The van der Waals surface area contributed by atoms with Crippen molar-refractivity contribution >= 4 is 28.8 Å². The summed E-state index contributed by atoms with van der Waals surface area (Å²) in [4.78, 5) is 22.1. The quantitative estimate of drug-likeness (QED) is 0.364. The fraction of sp³-hybridized carbons (Fsp3) is 0.250. The molecule has 3 aromatic carbocycles. The maximum absolute atomic E-state index is 13.9. The van der Waals surface area contributed by atoms with E-state index in [4.69, 9.17) is 4.99 Å². The summed E-state index contributed by atoms with van der Waals surface area (Å²) in [5.74, 6) is -0.280. The van der Waals surface area contributed by atoms with Gasteiger partial charge in [0.25, 0.3) is 5.56 Å². The monoisotopic (exact) mass is 521 g/mol. The predicted molar refractivity (Wildman–Crippen MR) is 152 cm³/mol. The molecule has 6 heteroatoms. The molecule has 4 aromatic rings. The lowest BCUT2D eigenvalue weighted by Crippen LogP contribution is -2.38. The zero-order chi connectivity index (χ0) is 25.8. The number of aryl methyl sites for hydroxylation is 2. The van der Waals surface area contributed by atoms with Gasteiger partial charge in [-0.25, -0.2) is 9.38 Å². The Balaban J connectivity index is 1.39. The van der Waals surface area contributed by atoms with Crippen LogP contribution in [0.1, 0.15) is 53.1 Å². The van der Waals surface area contributed by atoms with Gasteiger partial charge in [-0.15, -0.1) is 0 Å². The van der Waals surface area contributed by atoms with Crippen molar-refractivity contribution in [2.75, 3.05) is 18.0 Å². The number of benzene rings is 3. The van der Waals surface area contributed by atoms with Crippen LogP contribution in [0.3, 0.4) is 0 Å². The van der Waals surface area contributed by atoms with E-state index >= 15 is 0 Å². The zero-order valence-electron chi connectivity index (χ0n) is 21.3. The maximum Gasteiger partial charge on any atom is 0.271 e. The molecule has 1 atom stereocenters. The molecule has 1 saturated heterocycles. The molecule has 4 nitrogen and oxygen atoms in total. The van der Waals surface area contributed by atoms with Crippen LogP contribution in [0.25, 0.3) is 11.8 Å². The van der Waals surface area contributed by atoms with Crippen LogP contribution in [0.2, 0.25) is 0 Å². The summed E-state index contributed by atoms with van der Waals surface area (Å²) in [7, 11) is 0. The third-order valence-corrected chi connectivity index (χ3v) is 9.01. The third kappa shape index (κ3) is 3.86. The number of hydrogen-bond acceptors (Lipinski definition) is 4. The van der Waals surface area contributed by atoms with Gasteiger partial charge in [0, 0.05) is 24.3 Å². The lowest BCUT2D eigenvalue weighted by Gasteiger charge is -2.30. The molecule has 2 aliphatic heterocycles. The number of nitrogens with zero attached hydrogens (tertiary/aromatic N) is 3. The molecule has 0 bridgehead atoms. The summed E-state index contributed by atoms with van der Waals surface area (Å²) < 4.78 is 16.3. The Morgan fingerprint density at radius 2 is 1.79 bits per heavy atom. The van der Waals surface area contributed by atoms with Crippen molar-refractivity contribution in [1.29, 1.82) is 0 Å². The van der Waals surface area contributed by atoms with Crippen LogP contribution < -0.4 is 19.8 Å². The standard InChI is InChI=1S/C32H28FN3OS/c1-20-18-21(8-15-27(20)35-16-4-5-17-35)19-28-31(37)36-30(23-9-12-24(33)13-10-23)26-14-11-22-6-2-3-7-25(22)29(26)34-32(36)38-28/h2-3,6-10,12-13,15,18-19,30H,4-5,11,14,16-17H2,1H3/b28-19+/t30-/m1/s1. The Kier molecular flexibility index (Phi) is 5.66. The Bertz CT molecular complexity index is 1770. The van der Waals surface area contributed by atoms with Crippen molar-refractivity contribution in [3.05, 3.63) is 126 Å². The van der Waals surface area contributed by atoms with Gasteiger partial charge in [-0.1, -0.05) is 53.8 Å². The number of allylic oxidation sites excluding steroid dienone is 1. The average Bonchev–Trinajstić information content (AvgIpc) is 3.57. The molecule has 0 unspecified atom stereocenters. The van der Waals surface area contributed by atoms with Crippen LogP contribution in [-0.4, -0.2) is 17.7 Å². The Labute approximate surface area is 224 Å². The van der Waals surface area contributed by atoms with Gasteiger partial charge in [0.15, 0.2) is 4.80 Å². The van der Waals surface area contributed by atoms with Crippen molar-refractivity contribution in [3.8, 4) is 0 Å². The highest BCUT2D eigenvalue weighted by atomic mass is 32.1. The number of hydrogen-bond donors (Lipinski definition) is 0. The topological polar surface area (TPSA) is 37.6 Å². The molecule has 1 aromatic heterocycles. The first-order valence-corrected chi connectivity index (χ1v) is 14.1. The fourth-order valence-electron chi connectivity index (χ4n) is 6.20. The van der Waals surface area contributed by atoms with E-state index in [0.717, 1.165) is 53.9 Å². The van der Waals surface area contributed by atoms with Crippen LogP contribution in [0.15, 0.2) is 82.1 Å². The molecule has 190 valence electrons. The van der Waals surface area contributed by atoms with Crippen LogP contribution >= 0.6 is 11.3 Å². The van der Waals surface area contributed by atoms with Crippen molar-refractivity contribution in [2.24, 2.45) is 4.99 Å². The van der Waals surface area contributed by atoms with Gasteiger partial charge in [-0.05, 0) is 90.8 Å². The Morgan fingerprint density at radius 1 is 1.00 bits per heavy atom. The normalized spacial score (nSPS) is 18.7. The van der Waals surface area contributed by atoms with Gasteiger partial charge in [0.1, 0.15) is 5.82 Å². The van der Waals surface area contributed by atoms with Gasteiger partial charge in [-0.3, -0.25) is 9.36 Å². The molecule has 0 saturated carbocycles. The van der Waals surface area contributed by atoms with Gasteiger partial charge in [0.2, 0.25) is 0 Å². The highest BCUT2D eigenvalue weighted by Gasteiger charge is 2.32. The molecule has 1 fully saturated rings. The molecule has 0 N–H and O–H groups in total. The number of fused-ring (bicyclic) bond motifs is 3. The van der Waals surface area contributed by atoms with Gasteiger partial charge in [0.05, 0.1) is 16.3 Å². The second-order valence-corrected chi connectivity index (χ2v) is 11.4. The van der Waals surface area contributed by atoms with Crippen molar-refractivity contribution in [3.63, 3.8) is 0 Å². The lowest BCUT2D eigenvalue weighted by molar-refractivity contribution is 0.581. The fourth-order valence-corrected chi connectivity index (χ4v) is 7.20. The summed E-state index contributed by atoms with van der Waals surface area (Å²) in [5, 5.41) is 0. The zero-order valence-corrected chi connectivity index (χ0v) is 22.1. The van der Waals surface area contributed by atoms with Crippen LogP contribution in [0.4, 0.5) is 10.1 Å². The molecular formula is C32H28FN3OS. The molecular weight excluding hydrogens is 493 g/mol. The van der Waals surface area contributed by atoms with Gasteiger partial charge in [-0.2, -0.15) is 0 Å². The van der Waals surface area contributed by atoms with Gasteiger partial charge >= 0.3 is 0 Å². The van der Waals surface area contributed by atoms with E-state index < -0.39 is 0 Å². The van der Waals surface area contributed by atoms with Crippen molar-refractivity contribution in [1.82, 2.24) is 4.57 Å². The summed E-state index contributed by atoms with van der Waals surface area (Å²) in [6.45, 7) is 4.36. The number of rotatable bonds is 3. The largest absolute Gasteiger partial charge is 0.371 e. The number of aromatic nitrogens is 1. The summed E-state index contributed by atoms with van der Waals surface area (Å²) in [5.41, 5.74) is 8.88. The first-order valence-electron chi connectivity index (χ1n) is 13.3. The minimum atomic E-state index is -0.295. The van der Waals surface area contributed by atoms with Gasteiger partial charge < -0.3 is 4.90 Å². The highest BCUT2D eigenvalue weighted by molar-refractivity contribution is 7.07. The van der Waals surface area contributed by atoms with E-state index in [9.17, 15) is 9.18 Å². The SMILES string of the molecule is Cc1cc(/C=c2/sc3n(c2=O)[C@H](c2ccc(F)cc2)C2=C(N=3)c3ccccc3CC2)ccc1N1CCCC1. The minimum Gasteiger partial charge on any atom is -0.371 e. The molecule has 7 rings (SSSR count). The van der Waals surface area contributed by atoms with E-state index in [2.05, 4.69) is 48.2 Å². The van der Waals surface area contributed by atoms with Crippen LogP contribution in [-0.2, 0) is 6.42 Å². The minimum absolute atomic E-state index is 0.0465. The molecule has 0 radical (unpaired) electrons. The third-order valence-electron chi connectivity index (χ3n) is 8.02. The summed E-state index contributed by atoms with van der Waals surface area (Å²) in [6, 6.07) is 21.1. The maximum atomic E-state index is 13.9. The van der Waals surface area contributed by atoms with E-state index in [-0.39, 0.29) is 17.4 Å². The molecule has 0 amide bonds. The molecule has 1 aliphatic carbocycles. The smallest absolute Gasteiger partial charge is 0.271 e. The van der Waals surface area contributed by atoms with E-state index in [1.54, 1.807) is 12.1 Å². The molecule has 3 heterocycles. The highest BCUT2D eigenvalue weighted by Crippen LogP contribution is 2.41. The second kappa shape index (κ2) is 9.21. The van der Waals surface area contributed by atoms with Crippen molar-refractivity contribution in [2.45, 2.75) is 38.6 Å². The van der Waals surface area contributed by atoms with Crippen molar-refractivity contribution < 1.29 is 4.39 Å². The first-order chi connectivity index (χ1) is 18.6. The second-order valence-electron chi connectivity index (χ2n) is 10.4. The molecule has 38 heavy (non-hydrogen) atoms. The van der Waals surface area contributed by atoms with E-state index in [1.807, 2.05) is 16.7 Å². The number of thiazole rings is 1. The molecule has 3 aliphatic rings. The molecule has 0 spiro atoms. The Morgan fingerprint density at radius 3 is 2.58 bits per heavy atom. The first kappa shape index (κ1) is 23.4. The average molecular weight is 522 g/mol. The lowest BCUT2D eigenvalue weighted by atomic mass is 9.83. The summed E-state index contributed by atoms with van der Waals surface area (Å²) in [6.07, 6.45) is 6.19. The Hall–Kier alpha value is -3.77. The number of halogens is 1. The van der Waals surface area contributed by atoms with E-state index in [1.165, 1.54) is 53.1 Å². The van der Waals surface area contributed by atoms with E-state index in [0.29, 0.717) is 9.33 Å². The summed E-state index contributed by atoms with van der Waals surface area (Å²) >= 11 is 1.43.